The summed E-state index contributed by atoms with van der Waals surface area (Å²) in [4.78, 5) is 25.1. The van der Waals surface area contributed by atoms with Gasteiger partial charge >= 0.3 is 0 Å². The predicted octanol–water partition coefficient (Wildman–Crippen LogP) is 3.59. The summed E-state index contributed by atoms with van der Waals surface area (Å²) in [5.74, 6) is -0.102. The summed E-state index contributed by atoms with van der Waals surface area (Å²) < 4.78 is 1.34. The smallest absolute Gasteiger partial charge is 0.277 e. The largest absolute Gasteiger partial charge is 0.350 e. The second kappa shape index (κ2) is 9.34. The van der Waals surface area contributed by atoms with Crippen molar-refractivity contribution in [2.75, 3.05) is 0 Å². The van der Waals surface area contributed by atoms with E-state index in [2.05, 4.69) is 27.8 Å². The Morgan fingerprint density at radius 1 is 0.935 bits per heavy atom. The second-order valence-electron chi connectivity index (χ2n) is 7.67. The Hall–Kier alpha value is -3.80. The van der Waals surface area contributed by atoms with Crippen molar-refractivity contribution >= 4 is 16.8 Å². The maximum Gasteiger partial charge on any atom is 0.277 e. The van der Waals surface area contributed by atoms with Crippen LogP contribution in [-0.2, 0) is 13.0 Å². The van der Waals surface area contributed by atoms with Crippen molar-refractivity contribution in [3.63, 3.8) is 0 Å². The lowest BCUT2D eigenvalue weighted by molar-refractivity contribution is 0.0938. The molecule has 4 rings (SSSR count). The molecular weight excluding hydrogens is 388 g/mol. The molecule has 0 unspecified atom stereocenters. The fourth-order valence-electron chi connectivity index (χ4n) is 3.47. The van der Waals surface area contributed by atoms with Gasteiger partial charge in [0, 0.05) is 11.6 Å². The predicted molar refractivity (Wildman–Crippen MR) is 121 cm³/mol. The Kier molecular flexibility index (Phi) is 6.17. The van der Waals surface area contributed by atoms with Crippen molar-refractivity contribution in [3.05, 3.63) is 106 Å². The third-order valence-electron chi connectivity index (χ3n) is 5.26. The molecule has 4 aromatic rings. The van der Waals surface area contributed by atoms with E-state index in [1.165, 1.54) is 10.2 Å². The maximum atomic E-state index is 12.6. The quantitative estimate of drug-likeness (QED) is 0.503. The molecule has 1 heterocycles. The van der Waals surface area contributed by atoms with Gasteiger partial charge in [0.05, 0.1) is 11.9 Å². The van der Waals surface area contributed by atoms with Gasteiger partial charge in [-0.1, -0.05) is 59.8 Å². The normalized spacial score (nSPS) is 11.9. The molecular formula is C25H24N4O2. The molecule has 0 radical (unpaired) electrons. The Balaban J connectivity index is 1.37. The minimum Gasteiger partial charge on any atom is -0.350 e. The van der Waals surface area contributed by atoms with Crippen LogP contribution in [0.3, 0.4) is 0 Å². The first-order valence-corrected chi connectivity index (χ1v) is 10.4. The molecule has 6 heteroatoms. The molecule has 0 saturated carbocycles. The van der Waals surface area contributed by atoms with Gasteiger partial charge in [-0.15, -0.1) is 5.10 Å². The van der Waals surface area contributed by atoms with Gasteiger partial charge < -0.3 is 5.32 Å². The molecule has 1 amide bonds. The van der Waals surface area contributed by atoms with Crippen molar-refractivity contribution in [1.29, 1.82) is 0 Å². The van der Waals surface area contributed by atoms with Gasteiger partial charge in [0.2, 0.25) is 0 Å². The molecule has 0 spiro atoms. The number of rotatable bonds is 7. The molecule has 3 aromatic carbocycles. The van der Waals surface area contributed by atoms with Crippen LogP contribution >= 0.6 is 0 Å². The van der Waals surface area contributed by atoms with E-state index >= 15 is 0 Å². The molecule has 1 aromatic heterocycles. The number of fused-ring (bicyclic) bond motifs is 1. The third-order valence-corrected chi connectivity index (χ3v) is 5.26. The van der Waals surface area contributed by atoms with Gasteiger partial charge in [0.1, 0.15) is 5.52 Å². The van der Waals surface area contributed by atoms with Gasteiger partial charge in [-0.2, -0.15) is 0 Å². The lowest BCUT2D eigenvalue weighted by Gasteiger charge is -2.14. The minimum atomic E-state index is -0.181. The van der Waals surface area contributed by atoms with E-state index in [9.17, 15) is 9.59 Å². The van der Waals surface area contributed by atoms with E-state index < -0.39 is 0 Å². The molecule has 1 atom stereocenters. The average molecular weight is 412 g/mol. The monoisotopic (exact) mass is 412 g/mol. The lowest BCUT2D eigenvalue weighted by atomic mass is 10.1. The van der Waals surface area contributed by atoms with Gasteiger partial charge in [0.15, 0.2) is 0 Å². The first kappa shape index (κ1) is 20.5. The van der Waals surface area contributed by atoms with Crippen molar-refractivity contribution in [3.8, 4) is 0 Å². The first-order chi connectivity index (χ1) is 15.1. The fourth-order valence-corrected chi connectivity index (χ4v) is 3.47. The number of hydrogen-bond acceptors (Lipinski definition) is 4. The van der Waals surface area contributed by atoms with Crippen molar-refractivity contribution < 1.29 is 4.79 Å². The number of nitrogens with one attached hydrogen (secondary N) is 1. The van der Waals surface area contributed by atoms with Gasteiger partial charge in [-0.3, -0.25) is 9.59 Å². The molecule has 6 nitrogen and oxygen atoms in total. The van der Waals surface area contributed by atoms with Crippen molar-refractivity contribution in [1.82, 2.24) is 20.3 Å². The van der Waals surface area contributed by atoms with E-state index in [0.717, 1.165) is 18.4 Å². The molecule has 0 saturated heterocycles. The van der Waals surface area contributed by atoms with Crippen LogP contribution < -0.4 is 10.9 Å². The molecule has 0 aliphatic carbocycles. The zero-order valence-electron chi connectivity index (χ0n) is 17.4. The molecule has 1 N–H and O–H groups in total. The zero-order valence-corrected chi connectivity index (χ0v) is 17.4. The van der Waals surface area contributed by atoms with Crippen LogP contribution in [0.4, 0.5) is 0 Å². The van der Waals surface area contributed by atoms with Gasteiger partial charge in [0.25, 0.3) is 11.5 Å². The van der Waals surface area contributed by atoms with Crippen LogP contribution in [0.1, 0.15) is 34.8 Å². The Labute approximate surface area is 180 Å². The minimum absolute atomic E-state index is 0.0684. The molecule has 0 aliphatic rings. The van der Waals surface area contributed by atoms with Crippen LogP contribution in [0.15, 0.2) is 83.7 Å². The van der Waals surface area contributed by atoms with Gasteiger partial charge in [-0.05, 0) is 55.2 Å². The number of aryl methyl sites for hydroxylation is 1. The first-order valence-electron chi connectivity index (χ1n) is 10.4. The molecule has 156 valence electrons. The summed E-state index contributed by atoms with van der Waals surface area (Å²) in [7, 11) is 0. The zero-order chi connectivity index (χ0) is 21.6. The topological polar surface area (TPSA) is 76.9 Å². The number of aromatic nitrogens is 3. The van der Waals surface area contributed by atoms with E-state index in [1.807, 2.05) is 49.4 Å². The molecule has 31 heavy (non-hydrogen) atoms. The second-order valence-corrected chi connectivity index (χ2v) is 7.67. The number of carbonyl (C=O) groups is 1. The molecule has 0 aliphatic heterocycles. The number of nitrogens with zero attached hydrogens (tertiary/aromatic N) is 3. The highest BCUT2D eigenvalue weighted by molar-refractivity contribution is 5.94. The SMILES string of the molecule is C[C@H](CCc1ccccc1)NC(=O)c1ccc(Cn2nnc3ccccc3c2=O)cc1. The van der Waals surface area contributed by atoms with Crippen LogP contribution in [0.2, 0.25) is 0 Å². The lowest BCUT2D eigenvalue weighted by Crippen LogP contribution is -2.32. The fraction of sp³-hybridized carbons (Fsp3) is 0.200. The van der Waals surface area contributed by atoms with E-state index in [1.54, 1.807) is 24.3 Å². The third kappa shape index (κ3) is 5.04. The summed E-state index contributed by atoms with van der Waals surface area (Å²) in [6.07, 6.45) is 1.79. The number of amides is 1. The van der Waals surface area contributed by atoms with Crippen LogP contribution in [0.25, 0.3) is 10.9 Å². The Morgan fingerprint density at radius 3 is 2.42 bits per heavy atom. The van der Waals surface area contributed by atoms with Crippen LogP contribution in [0.5, 0.6) is 0 Å². The summed E-state index contributed by atoms with van der Waals surface area (Å²) in [5.41, 5.74) is 3.13. The number of benzene rings is 3. The number of carbonyl (C=O) groups excluding carboxylic acids is 1. The standard InChI is InChI=1S/C25H24N4O2/c1-18(11-12-19-7-3-2-4-8-19)26-24(30)21-15-13-20(14-16-21)17-29-25(31)22-9-5-6-10-23(22)27-28-29/h2-10,13-16,18H,11-12,17H2,1H3,(H,26,30)/t18-/m1/s1. The summed E-state index contributed by atoms with van der Waals surface area (Å²) >= 11 is 0. The Morgan fingerprint density at radius 2 is 1.65 bits per heavy atom. The van der Waals surface area contributed by atoms with Crippen LogP contribution in [-0.4, -0.2) is 26.9 Å². The van der Waals surface area contributed by atoms with Crippen molar-refractivity contribution in [2.24, 2.45) is 0 Å². The van der Waals surface area contributed by atoms with E-state index in [0.29, 0.717) is 23.0 Å². The highest BCUT2D eigenvalue weighted by atomic mass is 16.1. The summed E-state index contributed by atoms with van der Waals surface area (Å²) in [5, 5.41) is 11.7. The summed E-state index contributed by atoms with van der Waals surface area (Å²) in [6.45, 7) is 2.31. The molecule has 0 bridgehead atoms. The van der Waals surface area contributed by atoms with Crippen molar-refractivity contribution in [2.45, 2.75) is 32.4 Å². The summed E-state index contributed by atoms with van der Waals surface area (Å²) in [6, 6.07) is 24.7. The van der Waals surface area contributed by atoms with E-state index in [4.69, 9.17) is 0 Å². The highest BCUT2D eigenvalue weighted by Gasteiger charge is 2.11. The molecule has 0 fully saturated rings. The average Bonchev–Trinajstić information content (AvgIpc) is 2.81. The Bertz CT molecular complexity index is 1230. The van der Waals surface area contributed by atoms with Gasteiger partial charge in [-0.25, -0.2) is 4.68 Å². The maximum absolute atomic E-state index is 12.6. The number of hydrogen-bond donors (Lipinski definition) is 1. The highest BCUT2D eigenvalue weighted by Crippen LogP contribution is 2.09. The van der Waals surface area contributed by atoms with E-state index in [-0.39, 0.29) is 17.5 Å². The van der Waals surface area contributed by atoms with Crippen LogP contribution in [0, 0.1) is 0 Å².